The Morgan fingerprint density at radius 1 is 1.50 bits per heavy atom. The minimum atomic E-state index is -3.51. The van der Waals surface area contributed by atoms with E-state index in [4.69, 9.17) is 0 Å². The fraction of sp³-hybridized carbons (Fsp3) is 0.556. The van der Waals surface area contributed by atoms with Crippen molar-refractivity contribution in [2.24, 2.45) is 0 Å². The van der Waals surface area contributed by atoms with Crippen LogP contribution in [0.25, 0.3) is 0 Å². The van der Waals surface area contributed by atoms with E-state index in [1.165, 1.54) is 18.6 Å². The van der Waals surface area contributed by atoms with Crippen molar-refractivity contribution < 1.29 is 8.42 Å². The zero-order valence-electron chi connectivity index (χ0n) is 8.76. The van der Waals surface area contributed by atoms with Crippen molar-refractivity contribution in [2.75, 3.05) is 13.1 Å². The van der Waals surface area contributed by atoms with Gasteiger partial charge in [0, 0.05) is 25.0 Å². The van der Waals surface area contributed by atoms with E-state index < -0.39 is 10.0 Å². The molecule has 2 rings (SSSR count). The Balaban J connectivity index is 1.98. The predicted molar refractivity (Wildman–Crippen MR) is 58.2 cm³/mol. The summed E-state index contributed by atoms with van der Waals surface area (Å²) in [5.74, 6) is 0. The molecule has 1 atom stereocenters. The molecule has 16 heavy (non-hydrogen) atoms. The monoisotopic (exact) mass is 242 g/mol. The van der Waals surface area contributed by atoms with Crippen LogP contribution in [0.2, 0.25) is 0 Å². The molecule has 0 aliphatic carbocycles. The Bertz CT molecular complexity index is 428. The summed E-state index contributed by atoms with van der Waals surface area (Å²) in [5.41, 5.74) is 0. The van der Waals surface area contributed by atoms with Gasteiger partial charge in [-0.2, -0.15) is 0 Å². The van der Waals surface area contributed by atoms with Crippen LogP contribution in [-0.4, -0.2) is 37.5 Å². The van der Waals surface area contributed by atoms with Crippen molar-refractivity contribution in [1.29, 1.82) is 0 Å². The Hall–Kier alpha value is -1.05. The third kappa shape index (κ3) is 2.75. The van der Waals surface area contributed by atoms with E-state index >= 15 is 0 Å². The first-order chi connectivity index (χ1) is 7.68. The van der Waals surface area contributed by atoms with Gasteiger partial charge >= 0.3 is 0 Å². The molecule has 0 radical (unpaired) electrons. The van der Waals surface area contributed by atoms with Gasteiger partial charge in [0.2, 0.25) is 0 Å². The van der Waals surface area contributed by atoms with Gasteiger partial charge in [-0.05, 0) is 19.4 Å². The highest BCUT2D eigenvalue weighted by Crippen LogP contribution is 2.06. The van der Waals surface area contributed by atoms with Crippen molar-refractivity contribution >= 4 is 10.0 Å². The Labute approximate surface area is 94.6 Å². The molecule has 1 saturated heterocycles. The van der Waals surface area contributed by atoms with Gasteiger partial charge in [0.1, 0.15) is 0 Å². The molecule has 0 saturated carbocycles. The highest BCUT2D eigenvalue weighted by atomic mass is 32.2. The molecule has 7 heteroatoms. The van der Waals surface area contributed by atoms with E-state index in [0.717, 1.165) is 19.4 Å². The lowest BCUT2D eigenvalue weighted by molar-refractivity contribution is 0.548. The smallest absolute Gasteiger partial charge is 0.259 e. The number of nitrogens with zero attached hydrogens (tertiary/aromatic N) is 2. The lowest BCUT2D eigenvalue weighted by Crippen LogP contribution is -2.37. The van der Waals surface area contributed by atoms with Gasteiger partial charge in [0.05, 0.1) is 6.20 Å². The van der Waals surface area contributed by atoms with Crippen molar-refractivity contribution in [3.05, 3.63) is 18.6 Å². The van der Waals surface area contributed by atoms with Gasteiger partial charge in [-0.1, -0.05) is 0 Å². The summed E-state index contributed by atoms with van der Waals surface area (Å²) >= 11 is 0. The second-order valence-corrected chi connectivity index (χ2v) is 5.40. The minimum Gasteiger partial charge on any atom is -0.313 e. The van der Waals surface area contributed by atoms with E-state index in [2.05, 4.69) is 20.0 Å². The molecule has 0 amide bonds. The summed E-state index contributed by atoms with van der Waals surface area (Å²) in [4.78, 5) is 7.50. The summed E-state index contributed by atoms with van der Waals surface area (Å²) < 4.78 is 26.0. The largest absolute Gasteiger partial charge is 0.313 e. The molecule has 1 aromatic rings. The summed E-state index contributed by atoms with van der Waals surface area (Å²) in [6.45, 7) is 1.36. The zero-order chi connectivity index (χ0) is 11.4. The molecule has 1 aromatic heterocycles. The van der Waals surface area contributed by atoms with Crippen molar-refractivity contribution in [2.45, 2.75) is 23.9 Å². The fourth-order valence-electron chi connectivity index (χ4n) is 1.64. The molecule has 2 heterocycles. The van der Waals surface area contributed by atoms with Crippen LogP contribution in [0.4, 0.5) is 0 Å². The van der Waals surface area contributed by atoms with Crippen molar-refractivity contribution in [3.8, 4) is 0 Å². The van der Waals surface area contributed by atoms with E-state index in [1.54, 1.807) is 0 Å². The third-order valence-corrected chi connectivity index (χ3v) is 3.81. The molecule has 0 spiro atoms. The average Bonchev–Trinajstić information content (AvgIpc) is 2.81. The standard InChI is InChI=1S/C9H14N4O2S/c14-16(15,9-7-10-4-5-12-9)13-6-8-2-1-3-11-8/h4-5,7-8,11,13H,1-3,6H2/t8-/m0/s1. The summed E-state index contributed by atoms with van der Waals surface area (Å²) in [5, 5.41) is 3.18. The minimum absolute atomic E-state index is 0.0343. The zero-order valence-corrected chi connectivity index (χ0v) is 9.57. The number of aromatic nitrogens is 2. The van der Waals surface area contributed by atoms with Crippen LogP contribution in [0.3, 0.4) is 0 Å². The SMILES string of the molecule is O=S(=O)(NC[C@@H]1CCCN1)c1cnccn1. The molecule has 2 N–H and O–H groups in total. The van der Waals surface area contributed by atoms with Crippen LogP contribution >= 0.6 is 0 Å². The van der Waals surface area contributed by atoms with E-state index in [-0.39, 0.29) is 11.1 Å². The molecule has 1 aliphatic heterocycles. The molecule has 0 unspecified atom stereocenters. The second kappa shape index (κ2) is 4.86. The maximum Gasteiger partial charge on any atom is 0.259 e. The number of hydrogen-bond donors (Lipinski definition) is 2. The predicted octanol–water partition coefficient (Wildman–Crippen LogP) is -0.493. The van der Waals surface area contributed by atoms with Gasteiger partial charge in [0.25, 0.3) is 10.0 Å². The lowest BCUT2D eigenvalue weighted by atomic mass is 10.2. The highest BCUT2D eigenvalue weighted by Gasteiger charge is 2.19. The fourth-order valence-corrected chi connectivity index (χ4v) is 2.61. The molecular weight excluding hydrogens is 228 g/mol. The van der Waals surface area contributed by atoms with E-state index in [1.807, 2.05) is 0 Å². The molecule has 0 aromatic carbocycles. The Kier molecular flexibility index (Phi) is 3.47. The molecule has 6 nitrogen and oxygen atoms in total. The quantitative estimate of drug-likeness (QED) is 0.744. The maximum atomic E-state index is 11.7. The first-order valence-corrected chi connectivity index (χ1v) is 6.66. The van der Waals surface area contributed by atoms with Crippen LogP contribution < -0.4 is 10.0 Å². The van der Waals surface area contributed by atoms with Crippen LogP contribution in [0, 0.1) is 0 Å². The van der Waals surface area contributed by atoms with Crippen LogP contribution in [0.1, 0.15) is 12.8 Å². The molecule has 0 bridgehead atoms. The van der Waals surface area contributed by atoms with Crippen LogP contribution in [0.5, 0.6) is 0 Å². The number of nitrogens with one attached hydrogen (secondary N) is 2. The molecule has 1 fully saturated rings. The highest BCUT2D eigenvalue weighted by molar-refractivity contribution is 7.89. The first kappa shape index (κ1) is 11.4. The van der Waals surface area contributed by atoms with Gasteiger partial charge in [-0.25, -0.2) is 18.1 Å². The lowest BCUT2D eigenvalue weighted by Gasteiger charge is -2.11. The second-order valence-electron chi connectivity index (χ2n) is 3.69. The third-order valence-electron chi connectivity index (χ3n) is 2.50. The van der Waals surface area contributed by atoms with E-state index in [0.29, 0.717) is 6.54 Å². The van der Waals surface area contributed by atoms with Crippen molar-refractivity contribution in [1.82, 2.24) is 20.0 Å². The number of hydrogen-bond acceptors (Lipinski definition) is 5. The van der Waals surface area contributed by atoms with Gasteiger partial charge in [0.15, 0.2) is 5.03 Å². The van der Waals surface area contributed by atoms with Crippen molar-refractivity contribution in [3.63, 3.8) is 0 Å². The Morgan fingerprint density at radius 3 is 3.00 bits per heavy atom. The maximum absolute atomic E-state index is 11.7. The summed E-state index contributed by atoms with van der Waals surface area (Å²) in [7, 11) is -3.51. The molecular formula is C9H14N4O2S. The van der Waals surface area contributed by atoms with Gasteiger partial charge in [-0.3, -0.25) is 4.98 Å². The Morgan fingerprint density at radius 2 is 2.38 bits per heavy atom. The first-order valence-electron chi connectivity index (χ1n) is 5.17. The topological polar surface area (TPSA) is 84.0 Å². The molecule has 88 valence electrons. The normalized spacial score (nSPS) is 21.1. The van der Waals surface area contributed by atoms with Crippen LogP contribution in [0.15, 0.2) is 23.6 Å². The van der Waals surface area contributed by atoms with Gasteiger partial charge in [-0.15, -0.1) is 0 Å². The summed E-state index contributed by atoms with van der Waals surface area (Å²) in [6, 6.07) is 0.228. The average molecular weight is 242 g/mol. The number of rotatable bonds is 4. The van der Waals surface area contributed by atoms with E-state index in [9.17, 15) is 8.42 Å². The summed E-state index contributed by atoms with van der Waals surface area (Å²) in [6.07, 6.45) is 6.14. The van der Waals surface area contributed by atoms with Crippen LogP contribution in [-0.2, 0) is 10.0 Å². The van der Waals surface area contributed by atoms with Gasteiger partial charge < -0.3 is 5.32 Å². The molecule has 1 aliphatic rings. The number of sulfonamides is 1.